The van der Waals surface area contributed by atoms with Crippen molar-refractivity contribution in [1.82, 2.24) is 14.9 Å². The standard InChI is InChI=1S/C16H22ClN3/c1-3-18-15(7-8-16-19-9-10-20(16)2)12-13-5-4-6-14(17)11-13/h4-6,9-11,15,18H,3,7-8,12H2,1-2H3. The highest BCUT2D eigenvalue weighted by molar-refractivity contribution is 6.30. The first-order valence-corrected chi connectivity index (χ1v) is 7.51. The minimum absolute atomic E-state index is 0.454. The van der Waals surface area contributed by atoms with Crippen LogP contribution in [-0.2, 0) is 19.9 Å². The van der Waals surface area contributed by atoms with Crippen LogP contribution in [0.15, 0.2) is 36.7 Å². The molecule has 1 unspecified atom stereocenters. The molecule has 1 aromatic carbocycles. The number of hydrogen-bond donors (Lipinski definition) is 1. The summed E-state index contributed by atoms with van der Waals surface area (Å²) in [5.41, 5.74) is 1.28. The molecule has 0 amide bonds. The Bertz CT molecular complexity index is 536. The highest BCUT2D eigenvalue weighted by atomic mass is 35.5. The van der Waals surface area contributed by atoms with Crippen molar-refractivity contribution in [2.75, 3.05) is 6.54 Å². The summed E-state index contributed by atoms with van der Waals surface area (Å²) in [6.07, 6.45) is 6.91. The van der Waals surface area contributed by atoms with Gasteiger partial charge in [0.05, 0.1) is 0 Å². The predicted molar refractivity (Wildman–Crippen MR) is 84.1 cm³/mol. The van der Waals surface area contributed by atoms with Crippen molar-refractivity contribution in [2.24, 2.45) is 7.05 Å². The van der Waals surface area contributed by atoms with Crippen molar-refractivity contribution < 1.29 is 0 Å². The van der Waals surface area contributed by atoms with Crippen LogP contribution in [0.4, 0.5) is 0 Å². The summed E-state index contributed by atoms with van der Waals surface area (Å²) in [5, 5.41) is 4.36. The lowest BCUT2D eigenvalue weighted by atomic mass is 10.0. The summed E-state index contributed by atoms with van der Waals surface area (Å²) in [7, 11) is 2.04. The van der Waals surface area contributed by atoms with Crippen LogP contribution in [0.2, 0.25) is 5.02 Å². The number of nitrogens with one attached hydrogen (secondary N) is 1. The van der Waals surface area contributed by atoms with Gasteiger partial charge >= 0.3 is 0 Å². The van der Waals surface area contributed by atoms with Crippen molar-refractivity contribution in [1.29, 1.82) is 0 Å². The van der Waals surface area contributed by atoms with Crippen molar-refractivity contribution in [3.05, 3.63) is 53.1 Å². The number of likely N-dealkylation sites (N-methyl/N-ethyl adjacent to an activating group) is 1. The van der Waals surface area contributed by atoms with E-state index in [-0.39, 0.29) is 0 Å². The Hall–Kier alpha value is -1.32. The van der Waals surface area contributed by atoms with Gasteiger partial charge in [0.25, 0.3) is 0 Å². The molecule has 0 aliphatic heterocycles. The maximum Gasteiger partial charge on any atom is 0.108 e. The number of nitrogens with zero attached hydrogens (tertiary/aromatic N) is 2. The van der Waals surface area contributed by atoms with Gasteiger partial charge in [-0.2, -0.15) is 0 Å². The second-order valence-corrected chi connectivity index (χ2v) is 5.52. The molecule has 3 nitrogen and oxygen atoms in total. The minimum Gasteiger partial charge on any atom is -0.338 e. The van der Waals surface area contributed by atoms with Crippen LogP contribution < -0.4 is 5.32 Å². The quantitative estimate of drug-likeness (QED) is 0.849. The topological polar surface area (TPSA) is 29.9 Å². The average Bonchev–Trinajstić information content (AvgIpc) is 2.82. The lowest BCUT2D eigenvalue weighted by Crippen LogP contribution is -2.31. The van der Waals surface area contributed by atoms with Gasteiger partial charge in [-0.3, -0.25) is 0 Å². The van der Waals surface area contributed by atoms with E-state index in [0.29, 0.717) is 6.04 Å². The first-order valence-electron chi connectivity index (χ1n) is 7.13. The zero-order chi connectivity index (χ0) is 14.4. The molecule has 1 aromatic heterocycles. The van der Waals surface area contributed by atoms with Crippen LogP contribution in [0.3, 0.4) is 0 Å². The van der Waals surface area contributed by atoms with E-state index in [0.717, 1.165) is 36.7 Å². The van der Waals surface area contributed by atoms with Crippen LogP contribution in [0.5, 0.6) is 0 Å². The van der Waals surface area contributed by atoms with Gasteiger partial charge in [0, 0.05) is 36.9 Å². The third-order valence-corrected chi connectivity index (χ3v) is 3.74. The molecule has 0 saturated carbocycles. The van der Waals surface area contributed by atoms with E-state index in [1.807, 2.05) is 37.6 Å². The molecule has 0 bridgehead atoms. The number of imidazole rings is 1. The highest BCUT2D eigenvalue weighted by Gasteiger charge is 2.10. The molecule has 2 rings (SSSR count). The molecular weight excluding hydrogens is 270 g/mol. The Kier molecular flexibility index (Phi) is 5.62. The fourth-order valence-electron chi connectivity index (χ4n) is 2.45. The van der Waals surface area contributed by atoms with Gasteiger partial charge in [0.2, 0.25) is 0 Å². The largest absolute Gasteiger partial charge is 0.338 e. The number of benzene rings is 1. The van der Waals surface area contributed by atoms with Crippen LogP contribution in [0, 0.1) is 0 Å². The van der Waals surface area contributed by atoms with Crippen molar-refractivity contribution in [2.45, 2.75) is 32.2 Å². The smallest absolute Gasteiger partial charge is 0.108 e. The fraction of sp³-hybridized carbons (Fsp3) is 0.438. The van der Waals surface area contributed by atoms with E-state index in [4.69, 9.17) is 11.6 Å². The monoisotopic (exact) mass is 291 g/mol. The number of halogens is 1. The van der Waals surface area contributed by atoms with E-state index in [1.54, 1.807) is 0 Å². The van der Waals surface area contributed by atoms with Gasteiger partial charge < -0.3 is 9.88 Å². The van der Waals surface area contributed by atoms with Gasteiger partial charge in [0.1, 0.15) is 5.82 Å². The van der Waals surface area contributed by atoms with Gasteiger partial charge in [-0.15, -0.1) is 0 Å². The van der Waals surface area contributed by atoms with E-state index in [1.165, 1.54) is 5.56 Å². The lowest BCUT2D eigenvalue weighted by Gasteiger charge is -2.18. The molecule has 108 valence electrons. The van der Waals surface area contributed by atoms with Crippen LogP contribution >= 0.6 is 11.6 Å². The second-order valence-electron chi connectivity index (χ2n) is 5.08. The molecule has 2 aromatic rings. The summed E-state index contributed by atoms with van der Waals surface area (Å²) in [6, 6.07) is 8.57. The molecule has 1 N–H and O–H groups in total. The van der Waals surface area contributed by atoms with Gasteiger partial charge in [0.15, 0.2) is 0 Å². The normalized spacial score (nSPS) is 12.6. The number of aromatic nitrogens is 2. The van der Waals surface area contributed by atoms with Crippen molar-refractivity contribution in [3.8, 4) is 0 Å². The highest BCUT2D eigenvalue weighted by Crippen LogP contribution is 2.14. The minimum atomic E-state index is 0.454. The maximum atomic E-state index is 6.05. The van der Waals surface area contributed by atoms with E-state index in [9.17, 15) is 0 Å². The Morgan fingerprint density at radius 1 is 1.40 bits per heavy atom. The van der Waals surface area contributed by atoms with E-state index >= 15 is 0 Å². The number of rotatable bonds is 7. The third kappa shape index (κ3) is 4.36. The summed E-state index contributed by atoms with van der Waals surface area (Å²) in [6.45, 7) is 3.12. The lowest BCUT2D eigenvalue weighted by molar-refractivity contribution is 0.483. The Morgan fingerprint density at radius 2 is 2.25 bits per heavy atom. The van der Waals surface area contributed by atoms with E-state index in [2.05, 4.69) is 27.9 Å². The molecule has 0 radical (unpaired) electrons. The first-order chi connectivity index (χ1) is 9.69. The summed E-state index contributed by atoms with van der Waals surface area (Å²) >= 11 is 6.05. The average molecular weight is 292 g/mol. The van der Waals surface area contributed by atoms with Crippen LogP contribution in [0.1, 0.15) is 24.7 Å². The van der Waals surface area contributed by atoms with Gasteiger partial charge in [-0.1, -0.05) is 30.7 Å². The molecule has 4 heteroatoms. The maximum absolute atomic E-state index is 6.05. The number of aryl methyl sites for hydroxylation is 2. The molecule has 20 heavy (non-hydrogen) atoms. The zero-order valence-electron chi connectivity index (χ0n) is 12.1. The molecule has 0 spiro atoms. The van der Waals surface area contributed by atoms with Crippen LogP contribution in [0.25, 0.3) is 0 Å². The summed E-state index contributed by atoms with van der Waals surface area (Å²) < 4.78 is 2.09. The van der Waals surface area contributed by atoms with Crippen molar-refractivity contribution in [3.63, 3.8) is 0 Å². The summed E-state index contributed by atoms with van der Waals surface area (Å²) in [5.74, 6) is 1.14. The Balaban J connectivity index is 1.95. The Morgan fingerprint density at radius 3 is 2.90 bits per heavy atom. The summed E-state index contributed by atoms with van der Waals surface area (Å²) in [4.78, 5) is 4.38. The van der Waals surface area contributed by atoms with Gasteiger partial charge in [-0.25, -0.2) is 4.98 Å². The molecule has 0 saturated heterocycles. The molecule has 1 atom stereocenters. The zero-order valence-corrected chi connectivity index (χ0v) is 12.9. The molecular formula is C16H22ClN3. The first kappa shape index (κ1) is 15.1. The molecule has 1 heterocycles. The van der Waals surface area contributed by atoms with E-state index < -0.39 is 0 Å². The van der Waals surface area contributed by atoms with Crippen molar-refractivity contribution >= 4 is 11.6 Å². The third-order valence-electron chi connectivity index (χ3n) is 3.50. The Labute approximate surface area is 126 Å². The fourth-order valence-corrected chi connectivity index (χ4v) is 2.67. The second kappa shape index (κ2) is 7.46. The predicted octanol–water partition coefficient (Wildman–Crippen LogP) is 3.23. The molecule has 0 aliphatic rings. The SMILES string of the molecule is CCNC(CCc1nccn1C)Cc1cccc(Cl)c1. The molecule has 0 fully saturated rings. The number of hydrogen-bond acceptors (Lipinski definition) is 2. The van der Waals surface area contributed by atoms with Crippen LogP contribution in [-0.4, -0.2) is 22.1 Å². The van der Waals surface area contributed by atoms with Gasteiger partial charge in [-0.05, 0) is 37.1 Å². The molecule has 0 aliphatic carbocycles.